The summed E-state index contributed by atoms with van der Waals surface area (Å²) >= 11 is 0. The minimum Gasteiger partial charge on any atom is -0.315 e. The Morgan fingerprint density at radius 2 is 2.17 bits per heavy atom. The first-order chi connectivity index (χ1) is 8.66. The van der Waals surface area contributed by atoms with Crippen molar-refractivity contribution in [1.82, 2.24) is 15.0 Å². The quantitative estimate of drug-likeness (QED) is 0.806. The molecule has 18 heavy (non-hydrogen) atoms. The number of pyridine rings is 1. The molecule has 0 aliphatic carbocycles. The van der Waals surface area contributed by atoms with E-state index >= 15 is 0 Å². The first kappa shape index (κ1) is 13.5. The minimum absolute atomic E-state index is 0.0428. The van der Waals surface area contributed by atoms with E-state index in [0.717, 1.165) is 31.5 Å². The summed E-state index contributed by atoms with van der Waals surface area (Å²) < 4.78 is 26.6. The number of hydrogen-bond acceptors (Lipinski definition) is 4. The second kappa shape index (κ2) is 6.26. The molecule has 1 fully saturated rings. The van der Waals surface area contributed by atoms with Crippen molar-refractivity contribution in [3.8, 4) is 0 Å². The molecule has 0 aromatic carbocycles. The molecule has 0 radical (unpaired) electrons. The summed E-state index contributed by atoms with van der Waals surface area (Å²) in [7, 11) is -3.19. The fourth-order valence-electron chi connectivity index (χ4n) is 2.07. The van der Waals surface area contributed by atoms with Crippen LogP contribution in [0.4, 0.5) is 0 Å². The van der Waals surface area contributed by atoms with Gasteiger partial charge < -0.3 is 5.32 Å². The van der Waals surface area contributed by atoms with Crippen LogP contribution in [0.3, 0.4) is 0 Å². The van der Waals surface area contributed by atoms with Crippen molar-refractivity contribution < 1.29 is 8.42 Å². The third-order valence-electron chi connectivity index (χ3n) is 3.05. The third kappa shape index (κ3) is 4.36. The molecule has 0 saturated carbocycles. The number of piperidine rings is 1. The molecule has 1 aliphatic heterocycles. The van der Waals surface area contributed by atoms with Gasteiger partial charge in [0, 0.05) is 25.0 Å². The van der Waals surface area contributed by atoms with Gasteiger partial charge in [-0.1, -0.05) is 0 Å². The zero-order chi connectivity index (χ0) is 12.8. The summed E-state index contributed by atoms with van der Waals surface area (Å²) in [6, 6.07) is 3.73. The summed E-state index contributed by atoms with van der Waals surface area (Å²) in [6.45, 7) is 1.71. The molecule has 0 unspecified atom stereocenters. The van der Waals surface area contributed by atoms with Gasteiger partial charge in [0.25, 0.3) is 0 Å². The highest BCUT2D eigenvalue weighted by Gasteiger charge is 2.19. The van der Waals surface area contributed by atoms with Gasteiger partial charge in [0.05, 0.1) is 5.75 Å². The Morgan fingerprint density at radius 1 is 1.39 bits per heavy atom. The van der Waals surface area contributed by atoms with Crippen LogP contribution in [0.5, 0.6) is 0 Å². The largest absolute Gasteiger partial charge is 0.315 e. The number of sulfonamides is 1. The van der Waals surface area contributed by atoms with Gasteiger partial charge in [0.15, 0.2) is 0 Å². The van der Waals surface area contributed by atoms with E-state index in [-0.39, 0.29) is 11.8 Å². The highest BCUT2D eigenvalue weighted by molar-refractivity contribution is 7.89. The van der Waals surface area contributed by atoms with Crippen LogP contribution in [0.2, 0.25) is 0 Å². The van der Waals surface area contributed by atoms with Crippen molar-refractivity contribution in [3.63, 3.8) is 0 Å². The smallest absolute Gasteiger partial charge is 0.212 e. The van der Waals surface area contributed by atoms with E-state index in [1.807, 2.05) is 12.1 Å². The lowest BCUT2D eigenvalue weighted by atomic mass is 10.1. The molecule has 1 aromatic heterocycles. The van der Waals surface area contributed by atoms with Gasteiger partial charge in [0.2, 0.25) is 10.0 Å². The average molecular weight is 269 g/mol. The normalized spacial score (nSPS) is 20.8. The van der Waals surface area contributed by atoms with Crippen LogP contribution in [0.25, 0.3) is 0 Å². The van der Waals surface area contributed by atoms with Gasteiger partial charge >= 0.3 is 0 Å². The maximum Gasteiger partial charge on any atom is 0.212 e. The lowest BCUT2D eigenvalue weighted by Gasteiger charge is -2.23. The molecule has 2 N–H and O–H groups in total. The van der Waals surface area contributed by atoms with Crippen LogP contribution in [0, 0.1) is 0 Å². The fourth-order valence-corrected chi connectivity index (χ4v) is 3.40. The van der Waals surface area contributed by atoms with E-state index < -0.39 is 10.0 Å². The standard InChI is InChI=1S/C12H19N3O2S/c16-18(17,15-12-2-1-6-14-10-12)9-5-11-3-7-13-8-4-11/h3-4,7-8,12,14-15H,1-2,5-6,9-10H2/t12-/m0/s1. The molecule has 0 amide bonds. The van der Waals surface area contributed by atoms with Crippen LogP contribution < -0.4 is 10.0 Å². The van der Waals surface area contributed by atoms with Crippen LogP contribution in [0.15, 0.2) is 24.5 Å². The second-order valence-corrected chi connectivity index (χ2v) is 6.46. The van der Waals surface area contributed by atoms with Gasteiger partial charge in [-0.15, -0.1) is 0 Å². The molecule has 100 valence electrons. The maximum absolute atomic E-state index is 11.9. The van der Waals surface area contributed by atoms with Crippen molar-refractivity contribution >= 4 is 10.0 Å². The summed E-state index contributed by atoms with van der Waals surface area (Å²) in [4.78, 5) is 3.91. The number of aromatic nitrogens is 1. The number of nitrogens with zero attached hydrogens (tertiary/aromatic N) is 1. The van der Waals surface area contributed by atoms with Gasteiger partial charge in [0.1, 0.15) is 0 Å². The molecular weight excluding hydrogens is 250 g/mol. The lowest BCUT2D eigenvalue weighted by molar-refractivity contribution is 0.428. The summed E-state index contributed by atoms with van der Waals surface area (Å²) in [6.07, 6.45) is 5.83. The molecule has 1 aromatic rings. The summed E-state index contributed by atoms with van der Waals surface area (Å²) in [5.41, 5.74) is 0.997. The van der Waals surface area contributed by atoms with E-state index in [1.165, 1.54) is 0 Å². The van der Waals surface area contributed by atoms with Crippen molar-refractivity contribution in [1.29, 1.82) is 0 Å². The molecule has 5 nitrogen and oxygen atoms in total. The highest BCUT2D eigenvalue weighted by atomic mass is 32.2. The molecule has 0 spiro atoms. The Bertz CT molecular complexity index is 455. The molecule has 1 aliphatic rings. The Labute approximate surface area is 108 Å². The van der Waals surface area contributed by atoms with Crippen LogP contribution in [0.1, 0.15) is 18.4 Å². The SMILES string of the molecule is O=S(=O)(CCc1ccncc1)N[C@H]1CCCNC1. The van der Waals surface area contributed by atoms with Crippen LogP contribution >= 0.6 is 0 Å². The third-order valence-corrected chi connectivity index (χ3v) is 4.49. The Morgan fingerprint density at radius 3 is 2.83 bits per heavy atom. The van der Waals surface area contributed by atoms with Crippen molar-refractivity contribution in [3.05, 3.63) is 30.1 Å². The van der Waals surface area contributed by atoms with E-state index in [2.05, 4.69) is 15.0 Å². The Hall–Kier alpha value is -0.980. The molecule has 6 heteroatoms. The first-order valence-corrected chi connectivity index (χ1v) is 7.90. The van der Waals surface area contributed by atoms with E-state index in [1.54, 1.807) is 12.4 Å². The molecule has 1 saturated heterocycles. The summed E-state index contributed by atoms with van der Waals surface area (Å²) in [5, 5.41) is 3.20. The van der Waals surface area contributed by atoms with Gasteiger partial charge in [-0.05, 0) is 43.5 Å². The van der Waals surface area contributed by atoms with E-state index in [9.17, 15) is 8.42 Å². The van der Waals surface area contributed by atoms with Crippen LogP contribution in [-0.4, -0.2) is 38.3 Å². The predicted octanol–water partition coefficient (Wildman–Crippen LogP) is 0.295. The van der Waals surface area contributed by atoms with Crippen molar-refractivity contribution in [2.45, 2.75) is 25.3 Å². The molecule has 1 atom stereocenters. The number of hydrogen-bond donors (Lipinski definition) is 2. The molecule has 0 bridgehead atoms. The molecule has 2 heterocycles. The zero-order valence-corrected chi connectivity index (χ0v) is 11.1. The average Bonchev–Trinajstić information content (AvgIpc) is 2.38. The van der Waals surface area contributed by atoms with E-state index in [4.69, 9.17) is 0 Å². The Balaban J connectivity index is 1.83. The highest BCUT2D eigenvalue weighted by Crippen LogP contribution is 2.05. The maximum atomic E-state index is 11.9. The van der Waals surface area contributed by atoms with Gasteiger partial charge in [-0.3, -0.25) is 4.98 Å². The number of aryl methyl sites for hydroxylation is 1. The molecular formula is C12H19N3O2S. The monoisotopic (exact) mass is 269 g/mol. The van der Waals surface area contributed by atoms with Crippen molar-refractivity contribution in [2.24, 2.45) is 0 Å². The molecule has 2 rings (SSSR count). The van der Waals surface area contributed by atoms with E-state index in [0.29, 0.717) is 6.42 Å². The van der Waals surface area contributed by atoms with Crippen LogP contribution in [-0.2, 0) is 16.4 Å². The van der Waals surface area contributed by atoms with Gasteiger partial charge in [-0.2, -0.15) is 0 Å². The second-order valence-electron chi connectivity index (χ2n) is 4.59. The lowest BCUT2D eigenvalue weighted by Crippen LogP contribution is -2.46. The minimum atomic E-state index is -3.19. The first-order valence-electron chi connectivity index (χ1n) is 6.25. The zero-order valence-electron chi connectivity index (χ0n) is 10.3. The Kier molecular flexibility index (Phi) is 4.68. The van der Waals surface area contributed by atoms with Gasteiger partial charge in [-0.25, -0.2) is 13.1 Å². The number of nitrogens with one attached hydrogen (secondary N) is 2. The summed E-state index contributed by atoms with van der Waals surface area (Å²) in [5.74, 6) is 0.132. The van der Waals surface area contributed by atoms with Crippen molar-refractivity contribution in [2.75, 3.05) is 18.8 Å². The fraction of sp³-hybridized carbons (Fsp3) is 0.583. The number of rotatable bonds is 5. The topological polar surface area (TPSA) is 71.1 Å². The predicted molar refractivity (Wildman–Crippen MR) is 70.8 cm³/mol.